The highest BCUT2D eigenvalue weighted by molar-refractivity contribution is 5.96. The van der Waals surface area contributed by atoms with Gasteiger partial charge in [0, 0.05) is 6.20 Å². The number of nitrogens with one attached hydrogen (secondary N) is 1. The first-order valence-corrected chi connectivity index (χ1v) is 7.12. The molecule has 132 valence electrons. The minimum absolute atomic E-state index is 0.0103. The average molecular weight is 354 g/mol. The van der Waals surface area contributed by atoms with Gasteiger partial charge in [0.15, 0.2) is 24.1 Å². The fourth-order valence-electron chi connectivity index (χ4n) is 1.82. The van der Waals surface area contributed by atoms with Gasteiger partial charge in [0.25, 0.3) is 5.91 Å². The molecule has 1 aromatic carbocycles. The normalized spacial score (nSPS) is 10.2. The van der Waals surface area contributed by atoms with E-state index in [0.29, 0.717) is 6.07 Å². The van der Waals surface area contributed by atoms with E-state index >= 15 is 0 Å². The zero-order valence-electron chi connectivity index (χ0n) is 13.0. The third kappa shape index (κ3) is 4.46. The molecule has 0 fully saturated rings. The van der Waals surface area contributed by atoms with Crippen LogP contribution in [0.2, 0.25) is 0 Å². The van der Waals surface area contributed by atoms with E-state index < -0.39 is 41.6 Å². The zero-order chi connectivity index (χ0) is 18.4. The highest BCUT2D eigenvalue weighted by Crippen LogP contribution is 2.20. The molecule has 0 unspecified atom stereocenters. The first-order chi connectivity index (χ1) is 11.9. The Morgan fingerprint density at radius 2 is 1.92 bits per heavy atom. The summed E-state index contributed by atoms with van der Waals surface area (Å²) in [6.07, 6.45) is 1.42. The highest BCUT2D eigenvalue weighted by atomic mass is 19.2. The Hall–Kier alpha value is -3.10. The van der Waals surface area contributed by atoms with Crippen LogP contribution in [0.25, 0.3) is 0 Å². The molecule has 1 N–H and O–H groups in total. The van der Waals surface area contributed by atoms with Crippen molar-refractivity contribution in [1.82, 2.24) is 4.98 Å². The van der Waals surface area contributed by atoms with Crippen molar-refractivity contribution in [3.63, 3.8) is 0 Å². The Morgan fingerprint density at radius 1 is 1.16 bits per heavy atom. The number of pyridine rings is 1. The number of carbonyl (C=O) groups is 2. The fourth-order valence-corrected chi connectivity index (χ4v) is 1.82. The van der Waals surface area contributed by atoms with Crippen LogP contribution in [0.15, 0.2) is 30.5 Å². The van der Waals surface area contributed by atoms with Crippen LogP contribution in [0.3, 0.4) is 0 Å². The molecule has 9 heteroatoms. The second-order valence-electron chi connectivity index (χ2n) is 4.64. The SMILES string of the molecule is CCOc1ncccc1C(=O)OCC(=O)Nc1ccc(F)c(F)c1F. The summed E-state index contributed by atoms with van der Waals surface area (Å²) in [5.74, 6) is -6.42. The van der Waals surface area contributed by atoms with Crippen molar-refractivity contribution in [3.05, 3.63) is 53.5 Å². The maximum absolute atomic E-state index is 13.5. The van der Waals surface area contributed by atoms with Crippen molar-refractivity contribution >= 4 is 17.6 Å². The molecular formula is C16H13F3N2O4. The molecule has 0 aliphatic carbocycles. The Kier molecular flexibility index (Phi) is 5.93. The number of carbonyl (C=O) groups excluding carboxylic acids is 2. The van der Waals surface area contributed by atoms with Gasteiger partial charge in [-0.15, -0.1) is 0 Å². The van der Waals surface area contributed by atoms with Gasteiger partial charge in [-0.25, -0.2) is 22.9 Å². The number of benzene rings is 1. The van der Waals surface area contributed by atoms with Crippen LogP contribution in [0.4, 0.5) is 18.9 Å². The number of anilines is 1. The summed E-state index contributed by atoms with van der Waals surface area (Å²) in [7, 11) is 0. The summed E-state index contributed by atoms with van der Waals surface area (Å²) in [6, 6.07) is 4.38. The summed E-state index contributed by atoms with van der Waals surface area (Å²) < 4.78 is 49.3. The lowest BCUT2D eigenvalue weighted by Crippen LogP contribution is -2.22. The third-order valence-electron chi connectivity index (χ3n) is 2.92. The van der Waals surface area contributed by atoms with Crippen molar-refractivity contribution in [2.24, 2.45) is 0 Å². The molecule has 0 spiro atoms. The van der Waals surface area contributed by atoms with Gasteiger partial charge < -0.3 is 14.8 Å². The second kappa shape index (κ2) is 8.13. The van der Waals surface area contributed by atoms with Gasteiger partial charge in [-0.2, -0.15) is 0 Å². The molecule has 2 aromatic rings. The molecule has 0 saturated carbocycles. The Bertz CT molecular complexity index is 799. The van der Waals surface area contributed by atoms with Crippen molar-refractivity contribution in [2.75, 3.05) is 18.5 Å². The van der Waals surface area contributed by atoms with Crippen molar-refractivity contribution in [2.45, 2.75) is 6.92 Å². The molecule has 25 heavy (non-hydrogen) atoms. The predicted octanol–water partition coefficient (Wildman–Crippen LogP) is 2.69. The Morgan fingerprint density at radius 3 is 2.64 bits per heavy atom. The maximum atomic E-state index is 13.5. The third-order valence-corrected chi connectivity index (χ3v) is 2.92. The predicted molar refractivity (Wildman–Crippen MR) is 80.6 cm³/mol. The molecular weight excluding hydrogens is 341 g/mol. The molecule has 2 rings (SSSR count). The number of halogens is 3. The van der Waals surface area contributed by atoms with Crippen LogP contribution in [-0.2, 0) is 9.53 Å². The molecule has 0 radical (unpaired) electrons. The Labute approximate surface area is 140 Å². The number of nitrogens with zero attached hydrogens (tertiary/aromatic N) is 1. The maximum Gasteiger partial charge on any atom is 0.344 e. The number of amides is 1. The van der Waals surface area contributed by atoms with Crippen LogP contribution in [0.1, 0.15) is 17.3 Å². The molecule has 0 bridgehead atoms. The van der Waals surface area contributed by atoms with E-state index in [1.807, 2.05) is 5.32 Å². The van der Waals surface area contributed by atoms with Gasteiger partial charge >= 0.3 is 5.97 Å². The van der Waals surface area contributed by atoms with Crippen molar-refractivity contribution in [3.8, 4) is 5.88 Å². The summed E-state index contributed by atoms with van der Waals surface area (Å²) in [5.41, 5.74) is -0.563. The van der Waals surface area contributed by atoms with Crippen LogP contribution in [0.5, 0.6) is 5.88 Å². The summed E-state index contributed by atoms with van der Waals surface area (Å²) in [4.78, 5) is 27.5. The van der Waals surface area contributed by atoms with E-state index in [0.717, 1.165) is 6.07 Å². The van der Waals surface area contributed by atoms with Gasteiger partial charge in [0.1, 0.15) is 5.56 Å². The van der Waals surface area contributed by atoms with Gasteiger partial charge in [-0.05, 0) is 31.2 Å². The Balaban J connectivity index is 1.99. The first-order valence-electron chi connectivity index (χ1n) is 7.12. The first kappa shape index (κ1) is 18.2. The van der Waals surface area contributed by atoms with E-state index in [-0.39, 0.29) is 18.1 Å². The minimum Gasteiger partial charge on any atom is -0.477 e. The zero-order valence-corrected chi connectivity index (χ0v) is 13.0. The van der Waals surface area contributed by atoms with Crippen molar-refractivity contribution < 1.29 is 32.2 Å². The second-order valence-corrected chi connectivity index (χ2v) is 4.64. The topological polar surface area (TPSA) is 77.5 Å². The quantitative estimate of drug-likeness (QED) is 0.638. The number of hydrogen-bond donors (Lipinski definition) is 1. The van der Waals surface area contributed by atoms with Crippen LogP contribution >= 0.6 is 0 Å². The number of rotatable bonds is 6. The fraction of sp³-hybridized carbons (Fsp3) is 0.188. The number of esters is 1. The van der Waals surface area contributed by atoms with Crippen LogP contribution in [-0.4, -0.2) is 30.1 Å². The largest absolute Gasteiger partial charge is 0.477 e. The molecule has 0 saturated heterocycles. The van der Waals surface area contributed by atoms with Gasteiger partial charge in [-0.3, -0.25) is 4.79 Å². The van der Waals surface area contributed by atoms with E-state index in [9.17, 15) is 22.8 Å². The lowest BCUT2D eigenvalue weighted by Gasteiger charge is -2.10. The van der Waals surface area contributed by atoms with Crippen LogP contribution in [0, 0.1) is 17.5 Å². The average Bonchev–Trinajstić information content (AvgIpc) is 2.61. The molecule has 6 nitrogen and oxygen atoms in total. The van der Waals surface area contributed by atoms with E-state index in [1.54, 1.807) is 6.92 Å². The molecule has 1 aromatic heterocycles. The van der Waals surface area contributed by atoms with Crippen molar-refractivity contribution in [1.29, 1.82) is 0 Å². The van der Waals surface area contributed by atoms with Gasteiger partial charge in [0.05, 0.1) is 12.3 Å². The standard InChI is InChI=1S/C16H13F3N2O4/c1-2-24-15-9(4-3-7-20-15)16(23)25-8-12(22)21-11-6-5-10(17)13(18)14(11)19/h3-7H,2,8H2,1H3,(H,21,22). The van der Waals surface area contributed by atoms with E-state index in [2.05, 4.69) is 4.98 Å². The summed E-state index contributed by atoms with van der Waals surface area (Å²) >= 11 is 0. The van der Waals surface area contributed by atoms with E-state index in [4.69, 9.17) is 9.47 Å². The number of hydrogen-bond acceptors (Lipinski definition) is 5. The monoisotopic (exact) mass is 354 g/mol. The molecule has 0 aliphatic heterocycles. The highest BCUT2D eigenvalue weighted by Gasteiger charge is 2.18. The van der Waals surface area contributed by atoms with Crippen LogP contribution < -0.4 is 10.1 Å². The lowest BCUT2D eigenvalue weighted by atomic mass is 10.2. The molecule has 0 atom stereocenters. The number of ether oxygens (including phenoxy) is 2. The smallest absolute Gasteiger partial charge is 0.344 e. The summed E-state index contributed by atoms with van der Waals surface area (Å²) in [5, 5.41) is 1.98. The lowest BCUT2D eigenvalue weighted by molar-refractivity contribution is -0.119. The van der Waals surface area contributed by atoms with Gasteiger partial charge in [0.2, 0.25) is 5.88 Å². The minimum atomic E-state index is -1.72. The molecule has 1 amide bonds. The number of aromatic nitrogens is 1. The summed E-state index contributed by atoms with van der Waals surface area (Å²) in [6.45, 7) is 1.21. The molecule has 1 heterocycles. The molecule has 0 aliphatic rings. The van der Waals surface area contributed by atoms with Gasteiger partial charge in [-0.1, -0.05) is 0 Å². The van der Waals surface area contributed by atoms with E-state index in [1.165, 1.54) is 18.3 Å².